The third kappa shape index (κ3) is 3.07. The minimum atomic E-state index is -0.131. The zero-order valence-electron chi connectivity index (χ0n) is 11.3. The maximum Gasteiger partial charge on any atom is 0.238 e. The van der Waals surface area contributed by atoms with E-state index >= 15 is 0 Å². The van der Waals surface area contributed by atoms with Crippen molar-refractivity contribution in [3.05, 3.63) is 72.4 Å². The van der Waals surface area contributed by atoms with E-state index in [9.17, 15) is 0 Å². The highest BCUT2D eigenvalue weighted by Gasteiger charge is 2.07. The summed E-state index contributed by atoms with van der Waals surface area (Å²) < 4.78 is 5.81. The molecule has 1 aromatic heterocycles. The normalized spacial score (nSPS) is 10.3. The molecular formula is C17H14N2O2. The summed E-state index contributed by atoms with van der Waals surface area (Å²) in [4.78, 5) is 0. The molecule has 4 nitrogen and oxygen atoms in total. The van der Waals surface area contributed by atoms with E-state index in [1.54, 1.807) is 12.1 Å². The van der Waals surface area contributed by atoms with E-state index in [4.69, 9.17) is 9.84 Å². The molecule has 0 aliphatic rings. The van der Waals surface area contributed by atoms with Crippen molar-refractivity contribution in [1.29, 1.82) is 0 Å². The number of benzene rings is 2. The van der Waals surface area contributed by atoms with Crippen LogP contribution in [0.2, 0.25) is 0 Å². The van der Waals surface area contributed by atoms with Crippen LogP contribution in [0, 0.1) is 0 Å². The van der Waals surface area contributed by atoms with Gasteiger partial charge in [0.2, 0.25) is 5.88 Å². The van der Waals surface area contributed by atoms with Crippen molar-refractivity contribution in [2.24, 2.45) is 0 Å². The van der Waals surface area contributed by atoms with E-state index in [2.05, 4.69) is 10.2 Å². The van der Waals surface area contributed by atoms with Crippen LogP contribution in [0.4, 0.5) is 0 Å². The van der Waals surface area contributed by atoms with Crippen molar-refractivity contribution in [2.75, 3.05) is 0 Å². The molecule has 0 spiro atoms. The van der Waals surface area contributed by atoms with Crippen molar-refractivity contribution < 1.29 is 9.84 Å². The largest absolute Gasteiger partial charge is 0.437 e. The van der Waals surface area contributed by atoms with Gasteiger partial charge in [0.1, 0.15) is 5.75 Å². The van der Waals surface area contributed by atoms with Crippen LogP contribution in [-0.4, -0.2) is 15.3 Å². The molecule has 0 fully saturated rings. The molecule has 0 bridgehead atoms. The van der Waals surface area contributed by atoms with Gasteiger partial charge in [-0.15, -0.1) is 10.2 Å². The number of rotatable bonds is 4. The standard InChI is InChI=1S/C17H14N2O2/c20-12-14-10-11-17(19-18-14)21-16-9-5-4-8-15(16)13-6-2-1-3-7-13/h1-11,20H,12H2. The van der Waals surface area contributed by atoms with Gasteiger partial charge in [-0.05, 0) is 17.7 Å². The highest BCUT2D eigenvalue weighted by atomic mass is 16.5. The minimum absolute atomic E-state index is 0.131. The Hall–Kier alpha value is -2.72. The summed E-state index contributed by atoms with van der Waals surface area (Å²) >= 11 is 0. The number of ether oxygens (including phenoxy) is 1. The lowest BCUT2D eigenvalue weighted by molar-refractivity contribution is 0.274. The number of hydrogen-bond acceptors (Lipinski definition) is 4. The fraction of sp³-hybridized carbons (Fsp3) is 0.0588. The molecule has 0 saturated carbocycles. The maximum absolute atomic E-state index is 8.97. The van der Waals surface area contributed by atoms with Gasteiger partial charge >= 0.3 is 0 Å². The highest BCUT2D eigenvalue weighted by Crippen LogP contribution is 2.32. The van der Waals surface area contributed by atoms with Crippen LogP contribution < -0.4 is 4.74 Å². The third-order valence-electron chi connectivity index (χ3n) is 3.04. The lowest BCUT2D eigenvalue weighted by Crippen LogP contribution is -1.95. The molecule has 104 valence electrons. The van der Waals surface area contributed by atoms with Gasteiger partial charge in [0, 0.05) is 11.6 Å². The molecule has 4 heteroatoms. The van der Waals surface area contributed by atoms with Crippen LogP contribution in [0.1, 0.15) is 5.69 Å². The summed E-state index contributed by atoms with van der Waals surface area (Å²) in [7, 11) is 0. The Bertz CT molecular complexity index is 712. The predicted octanol–water partition coefficient (Wildman–Crippen LogP) is 3.43. The lowest BCUT2D eigenvalue weighted by atomic mass is 10.1. The lowest BCUT2D eigenvalue weighted by Gasteiger charge is -2.10. The van der Waals surface area contributed by atoms with E-state index in [1.807, 2.05) is 54.6 Å². The SMILES string of the molecule is OCc1ccc(Oc2ccccc2-c2ccccc2)nn1. The van der Waals surface area contributed by atoms with Crippen molar-refractivity contribution in [2.45, 2.75) is 6.61 Å². The maximum atomic E-state index is 8.97. The Labute approximate surface area is 122 Å². The third-order valence-corrected chi connectivity index (χ3v) is 3.04. The van der Waals surface area contributed by atoms with E-state index < -0.39 is 0 Å². The van der Waals surface area contributed by atoms with Crippen molar-refractivity contribution >= 4 is 0 Å². The predicted molar refractivity (Wildman–Crippen MR) is 79.9 cm³/mol. The average Bonchev–Trinajstić information content (AvgIpc) is 2.57. The molecule has 1 N–H and O–H groups in total. The summed E-state index contributed by atoms with van der Waals surface area (Å²) in [6.07, 6.45) is 0. The number of hydrogen-bond donors (Lipinski definition) is 1. The quantitative estimate of drug-likeness (QED) is 0.794. The number of aliphatic hydroxyl groups excluding tert-OH is 1. The smallest absolute Gasteiger partial charge is 0.238 e. The van der Waals surface area contributed by atoms with Crippen LogP contribution in [0.25, 0.3) is 11.1 Å². The van der Waals surface area contributed by atoms with Gasteiger partial charge in [0.15, 0.2) is 0 Å². The Balaban J connectivity index is 1.92. The van der Waals surface area contributed by atoms with Gasteiger partial charge in [-0.25, -0.2) is 0 Å². The summed E-state index contributed by atoms with van der Waals surface area (Å²) in [6, 6.07) is 21.2. The summed E-state index contributed by atoms with van der Waals surface area (Å²) in [5.74, 6) is 1.12. The first-order valence-electron chi connectivity index (χ1n) is 6.62. The molecule has 0 aliphatic carbocycles. The molecular weight excluding hydrogens is 264 g/mol. The monoisotopic (exact) mass is 278 g/mol. The Kier molecular flexibility index (Phi) is 3.89. The van der Waals surface area contributed by atoms with Gasteiger partial charge in [-0.1, -0.05) is 48.5 Å². The molecule has 1 heterocycles. The molecule has 0 amide bonds. The molecule has 0 saturated heterocycles. The average molecular weight is 278 g/mol. The second-order valence-electron chi connectivity index (χ2n) is 4.49. The van der Waals surface area contributed by atoms with Crippen LogP contribution in [-0.2, 0) is 6.61 Å². The Morgan fingerprint density at radius 3 is 2.29 bits per heavy atom. The molecule has 0 aliphatic heterocycles. The molecule has 3 rings (SSSR count). The number of aromatic nitrogens is 2. The highest BCUT2D eigenvalue weighted by molar-refractivity contribution is 5.70. The number of aliphatic hydroxyl groups is 1. The molecule has 3 aromatic rings. The van der Waals surface area contributed by atoms with Crippen molar-refractivity contribution in [3.63, 3.8) is 0 Å². The first-order valence-corrected chi connectivity index (χ1v) is 6.62. The molecule has 0 radical (unpaired) electrons. The van der Waals surface area contributed by atoms with Gasteiger partial charge in [-0.2, -0.15) is 0 Å². The molecule has 21 heavy (non-hydrogen) atoms. The van der Waals surface area contributed by atoms with E-state index in [-0.39, 0.29) is 6.61 Å². The fourth-order valence-electron chi connectivity index (χ4n) is 2.01. The molecule has 2 aromatic carbocycles. The van der Waals surface area contributed by atoms with Crippen LogP contribution >= 0.6 is 0 Å². The topological polar surface area (TPSA) is 55.2 Å². The zero-order chi connectivity index (χ0) is 14.5. The second kappa shape index (κ2) is 6.15. The van der Waals surface area contributed by atoms with E-state index in [0.717, 1.165) is 16.9 Å². The van der Waals surface area contributed by atoms with Crippen molar-refractivity contribution in [1.82, 2.24) is 10.2 Å². The van der Waals surface area contributed by atoms with E-state index in [1.165, 1.54) is 0 Å². The Morgan fingerprint density at radius 2 is 1.57 bits per heavy atom. The Morgan fingerprint density at radius 1 is 0.810 bits per heavy atom. The fourth-order valence-corrected chi connectivity index (χ4v) is 2.01. The van der Waals surface area contributed by atoms with Gasteiger partial charge in [0.05, 0.1) is 12.3 Å². The van der Waals surface area contributed by atoms with Crippen LogP contribution in [0.5, 0.6) is 11.6 Å². The summed E-state index contributed by atoms with van der Waals surface area (Å²) in [5.41, 5.74) is 2.58. The first-order chi connectivity index (χ1) is 10.4. The van der Waals surface area contributed by atoms with E-state index in [0.29, 0.717) is 11.6 Å². The van der Waals surface area contributed by atoms with Crippen molar-refractivity contribution in [3.8, 4) is 22.8 Å². The minimum Gasteiger partial charge on any atom is -0.437 e. The van der Waals surface area contributed by atoms with Gasteiger partial charge in [-0.3, -0.25) is 0 Å². The summed E-state index contributed by atoms with van der Waals surface area (Å²) in [5, 5.41) is 16.8. The second-order valence-corrected chi connectivity index (χ2v) is 4.49. The number of para-hydroxylation sites is 1. The van der Waals surface area contributed by atoms with Gasteiger partial charge in [0.25, 0.3) is 0 Å². The zero-order valence-corrected chi connectivity index (χ0v) is 11.3. The first kappa shape index (κ1) is 13.3. The van der Waals surface area contributed by atoms with Crippen LogP contribution in [0.15, 0.2) is 66.7 Å². The number of nitrogens with zero attached hydrogens (tertiary/aromatic N) is 2. The van der Waals surface area contributed by atoms with Gasteiger partial charge < -0.3 is 9.84 Å². The summed E-state index contributed by atoms with van der Waals surface area (Å²) in [6.45, 7) is -0.131. The molecule has 0 atom stereocenters. The van der Waals surface area contributed by atoms with Crippen LogP contribution in [0.3, 0.4) is 0 Å². The molecule has 0 unspecified atom stereocenters.